The molecule has 25 heavy (non-hydrogen) atoms. The third-order valence-corrected chi connectivity index (χ3v) is 5.74. The van der Waals surface area contributed by atoms with Gasteiger partial charge in [-0.15, -0.1) is 11.3 Å². The van der Waals surface area contributed by atoms with Gasteiger partial charge in [-0.2, -0.15) is 0 Å². The van der Waals surface area contributed by atoms with E-state index in [1.165, 1.54) is 16.9 Å². The van der Waals surface area contributed by atoms with E-state index >= 15 is 0 Å². The number of carbonyl (C=O) groups is 1. The molecule has 0 bridgehead atoms. The van der Waals surface area contributed by atoms with Crippen molar-refractivity contribution in [2.24, 2.45) is 0 Å². The fraction of sp³-hybridized carbons (Fsp3) is 0.389. The second kappa shape index (κ2) is 8.12. The summed E-state index contributed by atoms with van der Waals surface area (Å²) in [6.45, 7) is 6.38. The topological polar surface area (TPSA) is 75.3 Å². The van der Waals surface area contributed by atoms with Crippen LogP contribution in [0, 0.1) is 13.8 Å². The molecule has 0 aliphatic carbocycles. The SMILES string of the molecule is Cc1ccc(C)c(C(C)NC(=O)c2ccc(CCNS(C)(=O)=O)s2)c1. The van der Waals surface area contributed by atoms with Crippen LogP contribution in [-0.2, 0) is 16.4 Å². The summed E-state index contributed by atoms with van der Waals surface area (Å²) in [5, 5.41) is 3.03. The largest absolute Gasteiger partial charge is 0.345 e. The zero-order chi connectivity index (χ0) is 18.6. The molecule has 2 rings (SSSR count). The normalized spacial score (nSPS) is 12.8. The van der Waals surface area contributed by atoms with Gasteiger partial charge >= 0.3 is 0 Å². The van der Waals surface area contributed by atoms with E-state index in [2.05, 4.69) is 28.2 Å². The van der Waals surface area contributed by atoms with Gasteiger partial charge in [-0.1, -0.05) is 23.8 Å². The average molecular weight is 381 g/mol. The summed E-state index contributed by atoms with van der Waals surface area (Å²) in [4.78, 5) is 14.1. The third-order valence-electron chi connectivity index (χ3n) is 3.87. The predicted molar refractivity (Wildman–Crippen MR) is 103 cm³/mol. The highest BCUT2D eigenvalue weighted by Gasteiger charge is 2.15. The van der Waals surface area contributed by atoms with Gasteiger partial charge in [0.2, 0.25) is 10.0 Å². The minimum absolute atomic E-state index is 0.0788. The molecule has 0 saturated heterocycles. The number of aryl methyl sites for hydroxylation is 2. The molecule has 7 heteroatoms. The van der Waals surface area contributed by atoms with Crippen LogP contribution < -0.4 is 10.0 Å². The van der Waals surface area contributed by atoms with Gasteiger partial charge in [0.05, 0.1) is 17.2 Å². The van der Waals surface area contributed by atoms with Crippen molar-refractivity contribution >= 4 is 27.3 Å². The Kier molecular flexibility index (Phi) is 6.37. The van der Waals surface area contributed by atoms with E-state index in [9.17, 15) is 13.2 Å². The summed E-state index contributed by atoms with van der Waals surface area (Å²) >= 11 is 1.39. The smallest absolute Gasteiger partial charge is 0.261 e. The van der Waals surface area contributed by atoms with Crippen LogP contribution in [0.1, 0.15) is 44.2 Å². The molecule has 1 amide bonds. The molecule has 1 unspecified atom stereocenters. The molecular formula is C18H24N2O3S2. The molecule has 1 heterocycles. The van der Waals surface area contributed by atoms with E-state index in [0.29, 0.717) is 17.8 Å². The monoisotopic (exact) mass is 380 g/mol. The Labute approximate surface area is 153 Å². The number of rotatable bonds is 7. The fourth-order valence-electron chi connectivity index (χ4n) is 2.57. The molecule has 1 aromatic carbocycles. The molecule has 0 saturated carbocycles. The van der Waals surface area contributed by atoms with Crippen LogP contribution in [0.25, 0.3) is 0 Å². The van der Waals surface area contributed by atoms with Gasteiger partial charge in [0, 0.05) is 11.4 Å². The molecule has 2 aromatic rings. The van der Waals surface area contributed by atoms with Crippen molar-refractivity contribution in [3.8, 4) is 0 Å². The first-order valence-corrected chi connectivity index (χ1v) is 10.8. The number of sulfonamides is 1. The standard InChI is InChI=1S/C18H24N2O3S2/c1-12-5-6-13(2)16(11-12)14(3)20-18(21)17-8-7-15(24-17)9-10-19-25(4,22)23/h5-8,11,14,19H,9-10H2,1-4H3,(H,20,21). The summed E-state index contributed by atoms with van der Waals surface area (Å²) in [6, 6.07) is 9.79. The molecule has 0 aliphatic rings. The number of hydrogen-bond donors (Lipinski definition) is 2. The molecule has 0 radical (unpaired) electrons. The lowest BCUT2D eigenvalue weighted by molar-refractivity contribution is 0.0944. The number of amides is 1. The van der Waals surface area contributed by atoms with Gasteiger partial charge in [0.1, 0.15) is 0 Å². The summed E-state index contributed by atoms with van der Waals surface area (Å²) in [6.07, 6.45) is 1.70. The second-order valence-corrected chi connectivity index (χ2v) is 9.24. The lowest BCUT2D eigenvalue weighted by Gasteiger charge is -2.17. The van der Waals surface area contributed by atoms with Crippen LogP contribution in [0.3, 0.4) is 0 Å². The average Bonchev–Trinajstić information content (AvgIpc) is 2.97. The summed E-state index contributed by atoms with van der Waals surface area (Å²) in [7, 11) is -3.18. The number of hydrogen-bond acceptors (Lipinski definition) is 4. The molecule has 136 valence electrons. The number of carbonyl (C=O) groups excluding carboxylic acids is 1. The van der Waals surface area contributed by atoms with Crippen molar-refractivity contribution in [2.45, 2.75) is 33.2 Å². The maximum absolute atomic E-state index is 12.5. The van der Waals surface area contributed by atoms with Crippen LogP contribution in [0.15, 0.2) is 30.3 Å². The van der Waals surface area contributed by atoms with Crippen LogP contribution in [0.2, 0.25) is 0 Å². The first-order valence-electron chi connectivity index (χ1n) is 8.07. The Balaban J connectivity index is 1.98. The van der Waals surface area contributed by atoms with Crippen molar-refractivity contribution < 1.29 is 13.2 Å². The molecule has 0 fully saturated rings. The van der Waals surface area contributed by atoms with Gasteiger partial charge in [0.15, 0.2) is 0 Å². The minimum Gasteiger partial charge on any atom is -0.345 e. The Morgan fingerprint density at radius 3 is 2.60 bits per heavy atom. The Morgan fingerprint density at radius 1 is 1.20 bits per heavy atom. The third kappa shape index (κ3) is 5.95. The second-order valence-electron chi connectivity index (χ2n) is 6.24. The quantitative estimate of drug-likeness (QED) is 0.775. The van der Waals surface area contributed by atoms with E-state index in [0.717, 1.165) is 22.3 Å². The van der Waals surface area contributed by atoms with Crippen LogP contribution in [-0.4, -0.2) is 27.1 Å². The highest BCUT2D eigenvalue weighted by molar-refractivity contribution is 7.88. The first kappa shape index (κ1) is 19.6. The Bertz CT molecular complexity index is 857. The van der Waals surface area contributed by atoms with Crippen molar-refractivity contribution in [2.75, 3.05) is 12.8 Å². The van der Waals surface area contributed by atoms with E-state index < -0.39 is 10.0 Å². The van der Waals surface area contributed by atoms with Gasteiger partial charge in [-0.25, -0.2) is 13.1 Å². The van der Waals surface area contributed by atoms with Crippen molar-refractivity contribution in [1.29, 1.82) is 0 Å². The molecule has 5 nitrogen and oxygen atoms in total. The van der Waals surface area contributed by atoms with Gasteiger partial charge in [-0.3, -0.25) is 4.79 Å². The summed E-state index contributed by atoms with van der Waals surface area (Å²) in [5.74, 6) is -0.110. The number of benzene rings is 1. The van der Waals surface area contributed by atoms with Crippen LogP contribution in [0.4, 0.5) is 0 Å². The van der Waals surface area contributed by atoms with E-state index in [1.54, 1.807) is 6.07 Å². The maximum atomic E-state index is 12.5. The summed E-state index contributed by atoms with van der Waals surface area (Å²) < 4.78 is 24.6. The zero-order valence-electron chi connectivity index (χ0n) is 14.9. The van der Waals surface area contributed by atoms with Crippen LogP contribution >= 0.6 is 11.3 Å². The number of thiophene rings is 1. The molecular weight excluding hydrogens is 356 g/mol. The van der Waals surface area contributed by atoms with E-state index in [4.69, 9.17) is 0 Å². The zero-order valence-corrected chi connectivity index (χ0v) is 16.6. The molecule has 0 spiro atoms. The highest BCUT2D eigenvalue weighted by Crippen LogP contribution is 2.21. The highest BCUT2D eigenvalue weighted by atomic mass is 32.2. The molecule has 2 N–H and O–H groups in total. The van der Waals surface area contributed by atoms with Gasteiger partial charge < -0.3 is 5.32 Å². The number of nitrogens with one attached hydrogen (secondary N) is 2. The molecule has 1 atom stereocenters. The fourth-order valence-corrected chi connectivity index (χ4v) is 3.95. The molecule has 1 aromatic heterocycles. The Hall–Kier alpha value is -1.70. The lowest BCUT2D eigenvalue weighted by Crippen LogP contribution is -2.26. The van der Waals surface area contributed by atoms with E-state index in [1.807, 2.05) is 26.8 Å². The van der Waals surface area contributed by atoms with Crippen LogP contribution in [0.5, 0.6) is 0 Å². The molecule has 0 aliphatic heterocycles. The van der Waals surface area contributed by atoms with Gasteiger partial charge in [0.25, 0.3) is 5.91 Å². The van der Waals surface area contributed by atoms with Crippen molar-refractivity contribution in [1.82, 2.24) is 10.0 Å². The maximum Gasteiger partial charge on any atom is 0.261 e. The van der Waals surface area contributed by atoms with Crippen molar-refractivity contribution in [3.63, 3.8) is 0 Å². The van der Waals surface area contributed by atoms with E-state index in [-0.39, 0.29) is 11.9 Å². The first-order chi connectivity index (χ1) is 11.7. The van der Waals surface area contributed by atoms with Crippen molar-refractivity contribution in [3.05, 3.63) is 56.8 Å². The summed E-state index contributed by atoms with van der Waals surface area (Å²) in [5.41, 5.74) is 3.43. The Morgan fingerprint density at radius 2 is 1.92 bits per heavy atom. The minimum atomic E-state index is -3.18. The lowest BCUT2D eigenvalue weighted by atomic mass is 10.00. The predicted octanol–water partition coefficient (Wildman–Crippen LogP) is 2.95. The van der Waals surface area contributed by atoms with Gasteiger partial charge in [-0.05, 0) is 50.5 Å².